The summed E-state index contributed by atoms with van der Waals surface area (Å²) >= 11 is 0. The summed E-state index contributed by atoms with van der Waals surface area (Å²) in [6.45, 7) is 1.87. The number of carbonyl (C=O) groups is 2. The summed E-state index contributed by atoms with van der Waals surface area (Å²) in [5.41, 5.74) is 1.21. The summed E-state index contributed by atoms with van der Waals surface area (Å²) in [4.78, 5) is 22.7. The van der Waals surface area contributed by atoms with Gasteiger partial charge in [-0.1, -0.05) is 6.07 Å². The van der Waals surface area contributed by atoms with Crippen LogP contribution in [-0.2, 0) is 0 Å². The van der Waals surface area contributed by atoms with Gasteiger partial charge in [-0.3, -0.25) is 9.89 Å². The van der Waals surface area contributed by atoms with Crippen LogP contribution >= 0.6 is 0 Å². The Balaban J connectivity index is 2.17. The van der Waals surface area contributed by atoms with Crippen molar-refractivity contribution >= 4 is 17.7 Å². The number of aromatic amines is 1. The van der Waals surface area contributed by atoms with Crippen LogP contribution in [0.15, 0.2) is 24.3 Å². The van der Waals surface area contributed by atoms with E-state index in [1.807, 2.05) is 6.92 Å². The van der Waals surface area contributed by atoms with E-state index in [4.69, 9.17) is 9.84 Å². The van der Waals surface area contributed by atoms with Crippen LogP contribution < -0.4 is 10.1 Å². The minimum Gasteiger partial charge on any atom is -0.496 e. The van der Waals surface area contributed by atoms with Gasteiger partial charge >= 0.3 is 5.97 Å². The lowest BCUT2D eigenvalue weighted by Crippen LogP contribution is -2.12. The number of aromatic nitrogens is 2. The number of carboxylic acid groups (broad SMARTS) is 1. The normalized spacial score (nSPS) is 10.1. The quantitative estimate of drug-likeness (QED) is 0.787. The average molecular weight is 275 g/mol. The predicted octanol–water partition coefficient (Wildman–Crippen LogP) is 1.68. The van der Waals surface area contributed by atoms with E-state index < -0.39 is 11.9 Å². The molecular formula is C13H13N3O4. The number of carbonyl (C=O) groups excluding carboxylic acids is 1. The number of hydrogen-bond acceptors (Lipinski definition) is 4. The molecule has 0 radical (unpaired) electrons. The van der Waals surface area contributed by atoms with E-state index in [0.717, 1.165) is 5.56 Å². The number of methoxy groups -OCH3 is 1. The lowest BCUT2D eigenvalue weighted by atomic mass is 10.1. The molecular weight excluding hydrogens is 262 g/mol. The summed E-state index contributed by atoms with van der Waals surface area (Å²) in [6, 6.07) is 6.26. The highest BCUT2D eigenvalue weighted by molar-refractivity contribution is 6.04. The first-order valence-electron chi connectivity index (χ1n) is 5.76. The van der Waals surface area contributed by atoms with E-state index in [-0.39, 0.29) is 11.5 Å². The van der Waals surface area contributed by atoms with E-state index in [0.29, 0.717) is 11.3 Å². The number of hydrogen-bond donors (Lipinski definition) is 3. The van der Waals surface area contributed by atoms with Crippen LogP contribution in [-0.4, -0.2) is 34.3 Å². The molecule has 0 fully saturated rings. The molecule has 0 spiro atoms. The Bertz CT molecular complexity index is 663. The predicted molar refractivity (Wildman–Crippen MR) is 71.2 cm³/mol. The second-order valence-electron chi connectivity index (χ2n) is 4.11. The summed E-state index contributed by atoms with van der Waals surface area (Å²) in [7, 11) is 1.52. The Labute approximate surface area is 114 Å². The maximum absolute atomic E-state index is 12.0. The van der Waals surface area contributed by atoms with Crippen molar-refractivity contribution in [3.05, 3.63) is 41.1 Å². The highest BCUT2D eigenvalue weighted by Crippen LogP contribution is 2.19. The van der Waals surface area contributed by atoms with Crippen LogP contribution in [0, 0.1) is 6.92 Å². The summed E-state index contributed by atoms with van der Waals surface area (Å²) in [5, 5.41) is 17.3. The molecule has 1 aromatic heterocycles. The zero-order chi connectivity index (χ0) is 14.7. The largest absolute Gasteiger partial charge is 0.496 e. The molecule has 3 N–H and O–H groups in total. The van der Waals surface area contributed by atoms with Crippen LogP contribution in [0.5, 0.6) is 5.75 Å². The van der Waals surface area contributed by atoms with Gasteiger partial charge in [0.25, 0.3) is 5.91 Å². The number of H-pyrrole nitrogens is 1. The van der Waals surface area contributed by atoms with Gasteiger partial charge in [0.1, 0.15) is 11.4 Å². The molecule has 1 aromatic carbocycles. The third-order valence-corrected chi connectivity index (χ3v) is 2.72. The lowest BCUT2D eigenvalue weighted by molar-refractivity contribution is 0.0690. The number of carboxylic acids is 1. The van der Waals surface area contributed by atoms with Gasteiger partial charge in [-0.05, 0) is 24.6 Å². The molecule has 0 saturated heterocycles. The number of amides is 1. The molecule has 7 nitrogen and oxygen atoms in total. The highest BCUT2D eigenvalue weighted by Gasteiger charge is 2.12. The minimum atomic E-state index is -1.14. The first-order chi connectivity index (χ1) is 9.51. The number of aryl methyl sites for hydroxylation is 1. The van der Waals surface area contributed by atoms with Crippen molar-refractivity contribution < 1.29 is 19.4 Å². The van der Waals surface area contributed by atoms with Crippen molar-refractivity contribution in [1.29, 1.82) is 0 Å². The monoisotopic (exact) mass is 275 g/mol. The Morgan fingerprint density at radius 2 is 2.10 bits per heavy atom. The zero-order valence-corrected chi connectivity index (χ0v) is 10.9. The molecule has 0 aliphatic rings. The maximum atomic E-state index is 12.0. The fourth-order valence-electron chi connectivity index (χ4n) is 1.65. The number of rotatable bonds is 4. The molecule has 0 aliphatic heterocycles. The smallest absolute Gasteiger partial charge is 0.353 e. The Morgan fingerprint density at radius 3 is 2.70 bits per heavy atom. The molecule has 0 unspecified atom stereocenters. The maximum Gasteiger partial charge on any atom is 0.353 e. The van der Waals surface area contributed by atoms with Crippen LogP contribution in [0.25, 0.3) is 0 Å². The zero-order valence-electron chi connectivity index (χ0n) is 10.9. The van der Waals surface area contributed by atoms with Gasteiger partial charge in [-0.15, -0.1) is 0 Å². The molecule has 2 aromatic rings. The van der Waals surface area contributed by atoms with Gasteiger partial charge in [0.2, 0.25) is 0 Å². The van der Waals surface area contributed by atoms with E-state index in [2.05, 4.69) is 15.5 Å². The van der Waals surface area contributed by atoms with Gasteiger partial charge in [0, 0.05) is 11.6 Å². The fraction of sp³-hybridized carbons (Fsp3) is 0.154. The van der Waals surface area contributed by atoms with Crippen LogP contribution in [0.3, 0.4) is 0 Å². The Morgan fingerprint density at radius 1 is 1.35 bits per heavy atom. The summed E-state index contributed by atoms with van der Waals surface area (Å²) in [5.74, 6) is -0.792. The minimum absolute atomic E-state index is 0.0956. The number of ether oxygens (including phenoxy) is 1. The molecule has 0 aliphatic carbocycles. The molecule has 1 amide bonds. The molecule has 0 saturated carbocycles. The van der Waals surface area contributed by atoms with Crippen molar-refractivity contribution in [1.82, 2.24) is 10.2 Å². The first-order valence-corrected chi connectivity index (χ1v) is 5.76. The Hall–Kier alpha value is -2.83. The molecule has 2 rings (SSSR count). The second kappa shape index (κ2) is 5.43. The van der Waals surface area contributed by atoms with Crippen LogP contribution in [0.4, 0.5) is 5.82 Å². The third kappa shape index (κ3) is 2.77. The van der Waals surface area contributed by atoms with Gasteiger partial charge in [0.05, 0.1) is 7.11 Å². The summed E-state index contributed by atoms with van der Waals surface area (Å²) < 4.78 is 5.14. The number of nitrogens with one attached hydrogen (secondary N) is 2. The summed E-state index contributed by atoms with van der Waals surface area (Å²) in [6.07, 6.45) is 0. The first kappa shape index (κ1) is 13.6. The lowest BCUT2D eigenvalue weighted by Gasteiger charge is -2.07. The number of nitrogens with zero attached hydrogens (tertiary/aromatic N) is 1. The van der Waals surface area contributed by atoms with Crippen molar-refractivity contribution in [2.45, 2.75) is 6.92 Å². The van der Waals surface area contributed by atoms with Crippen molar-refractivity contribution in [2.24, 2.45) is 0 Å². The molecule has 0 bridgehead atoms. The molecule has 0 atom stereocenters. The van der Waals surface area contributed by atoms with E-state index in [1.165, 1.54) is 13.2 Å². The van der Waals surface area contributed by atoms with Gasteiger partial charge in [0.15, 0.2) is 5.82 Å². The van der Waals surface area contributed by atoms with Crippen LogP contribution in [0.2, 0.25) is 0 Å². The molecule has 1 heterocycles. The number of aromatic carboxylic acids is 1. The SMILES string of the molecule is COc1cc(C(=O)Nc2cc(C(=O)O)[nH]n2)ccc1C. The Kier molecular flexibility index (Phi) is 3.69. The second-order valence-corrected chi connectivity index (χ2v) is 4.11. The molecule has 104 valence electrons. The highest BCUT2D eigenvalue weighted by atomic mass is 16.5. The molecule has 7 heteroatoms. The van der Waals surface area contributed by atoms with E-state index in [1.54, 1.807) is 18.2 Å². The van der Waals surface area contributed by atoms with Gasteiger partial charge in [-0.2, -0.15) is 5.10 Å². The van der Waals surface area contributed by atoms with E-state index >= 15 is 0 Å². The van der Waals surface area contributed by atoms with Crippen LogP contribution in [0.1, 0.15) is 26.4 Å². The topological polar surface area (TPSA) is 104 Å². The van der Waals surface area contributed by atoms with Gasteiger partial charge in [-0.25, -0.2) is 4.79 Å². The van der Waals surface area contributed by atoms with Gasteiger partial charge < -0.3 is 15.2 Å². The number of anilines is 1. The van der Waals surface area contributed by atoms with Crippen molar-refractivity contribution in [3.8, 4) is 5.75 Å². The fourth-order valence-corrected chi connectivity index (χ4v) is 1.65. The third-order valence-electron chi connectivity index (χ3n) is 2.72. The van der Waals surface area contributed by atoms with E-state index in [9.17, 15) is 9.59 Å². The molecule has 20 heavy (non-hydrogen) atoms. The van der Waals surface area contributed by atoms with Crippen molar-refractivity contribution in [3.63, 3.8) is 0 Å². The standard InChI is InChI=1S/C13H13N3O4/c1-7-3-4-8(5-10(7)20-2)12(17)14-11-6-9(13(18)19)15-16-11/h3-6H,1-2H3,(H,18,19)(H2,14,15,16,17). The average Bonchev–Trinajstić information content (AvgIpc) is 2.88. The number of benzene rings is 1. The van der Waals surface area contributed by atoms with Crippen molar-refractivity contribution in [2.75, 3.05) is 12.4 Å².